The molecule has 0 fully saturated rings. The van der Waals surface area contributed by atoms with Crippen LogP contribution in [0.4, 0.5) is 0 Å². The third-order valence-electron chi connectivity index (χ3n) is 3.93. The van der Waals surface area contributed by atoms with Gasteiger partial charge in [-0.1, -0.05) is 12.0 Å². The summed E-state index contributed by atoms with van der Waals surface area (Å²) >= 11 is 0. The molecule has 2 rings (SSSR count). The van der Waals surface area contributed by atoms with Crippen molar-refractivity contribution in [1.82, 2.24) is 9.88 Å². The summed E-state index contributed by atoms with van der Waals surface area (Å²) in [7, 11) is 1.72. The fourth-order valence-corrected chi connectivity index (χ4v) is 2.58. The van der Waals surface area contributed by atoms with Crippen LogP contribution in [0.1, 0.15) is 23.7 Å². The van der Waals surface area contributed by atoms with Gasteiger partial charge in [0.2, 0.25) is 0 Å². The molecule has 0 saturated carbocycles. The standard InChI is InChI=1S/C18H24N2O/c1-5-6-10-20-15(3)14(2)17-12-16(7-8-18(17)20)13-19-9-11-21-4/h7-8,12,19H,9-11,13H2,1-4H3. The number of rotatable bonds is 6. The Morgan fingerprint density at radius 2 is 2.10 bits per heavy atom. The predicted molar refractivity (Wildman–Crippen MR) is 88.4 cm³/mol. The Hall–Kier alpha value is -1.76. The largest absolute Gasteiger partial charge is 0.383 e. The van der Waals surface area contributed by atoms with Crippen molar-refractivity contribution in [3.8, 4) is 11.8 Å². The van der Waals surface area contributed by atoms with E-state index in [9.17, 15) is 0 Å². The van der Waals surface area contributed by atoms with Gasteiger partial charge < -0.3 is 14.6 Å². The predicted octanol–water partition coefficient (Wildman–Crippen LogP) is 3.02. The summed E-state index contributed by atoms with van der Waals surface area (Å²) in [4.78, 5) is 0. The maximum atomic E-state index is 5.05. The highest BCUT2D eigenvalue weighted by Gasteiger charge is 2.10. The van der Waals surface area contributed by atoms with Gasteiger partial charge in [-0.2, -0.15) is 0 Å². The summed E-state index contributed by atoms with van der Waals surface area (Å²) in [6.45, 7) is 9.50. The molecule has 21 heavy (non-hydrogen) atoms. The van der Waals surface area contributed by atoms with Crippen LogP contribution >= 0.6 is 0 Å². The van der Waals surface area contributed by atoms with Crippen molar-refractivity contribution in [3.05, 3.63) is 35.0 Å². The molecule has 1 aromatic carbocycles. The molecule has 112 valence electrons. The summed E-state index contributed by atoms with van der Waals surface area (Å²) in [5.41, 5.74) is 5.23. The smallest absolute Gasteiger partial charge is 0.0840 e. The van der Waals surface area contributed by atoms with E-state index in [0.717, 1.165) is 26.2 Å². The molecule has 1 N–H and O–H groups in total. The highest BCUT2D eigenvalue weighted by atomic mass is 16.5. The molecule has 0 atom stereocenters. The molecule has 2 aromatic rings. The lowest BCUT2D eigenvalue weighted by molar-refractivity contribution is 0.199. The number of fused-ring (bicyclic) bond motifs is 1. The van der Waals surface area contributed by atoms with Gasteiger partial charge in [-0.3, -0.25) is 0 Å². The number of ether oxygens (including phenoxy) is 1. The van der Waals surface area contributed by atoms with Crippen LogP contribution in [0, 0.1) is 25.7 Å². The second kappa shape index (κ2) is 7.31. The lowest BCUT2D eigenvalue weighted by Gasteiger charge is -2.06. The first kappa shape index (κ1) is 15.6. The number of aryl methyl sites for hydroxylation is 1. The maximum absolute atomic E-state index is 5.05. The number of hydrogen-bond acceptors (Lipinski definition) is 2. The minimum absolute atomic E-state index is 0.743. The first-order valence-corrected chi connectivity index (χ1v) is 7.36. The van der Waals surface area contributed by atoms with Crippen LogP contribution in [-0.4, -0.2) is 24.8 Å². The molecular weight excluding hydrogens is 260 g/mol. The van der Waals surface area contributed by atoms with Gasteiger partial charge in [0, 0.05) is 36.8 Å². The third kappa shape index (κ3) is 3.47. The van der Waals surface area contributed by atoms with Crippen molar-refractivity contribution in [3.63, 3.8) is 0 Å². The number of benzene rings is 1. The van der Waals surface area contributed by atoms with Crippen molar-refractivity contribution in [2.24, 2.45) is 0 Å². The third-order valence-corrected chi connectivity index (χ3v) is 3.93. The Morgan fingerprint density at radius 3 is 2.81 bits per heavy atom. The van der Waals surface area contributed by atoms with E-state index in [0.29, 0.717) is 0 Å². The van der Waals surface area contributed by atoms with E-state index in [1.54, 1.807) is 7.11 Å². The van der Waals surface area contributed by atoms with Gasteiger partial charge in [-0.15, -0.1) is 5.92 Å². The van der Waals surface area contributed by atoms with Gasteiger partial charge in [-0.05, 0) is 44.0 Å². The van der Waals surface area contributed by atoms with Crippen LogP contribution in [0.15, 0.2) is 18.2 Å². The Morgan fingerprint density at radius 1 is 1.29 bits per heavy atom. The zero-order valence-corrected chi connectivity index (χ0v) is 13.4. The highest BCUT2D eigenvalue weighted by Crippen LogP contribution is 2.26. The van der Waals surface area contributed by atoms with Crippen molar-refractivity contribution < 1.29 is 4.74 Å². The van der Waals surface area contributed by atoms with Crippen molar-refractivity contribution in [1.29, 1.82) is 0 Å². The zero-order valence-electron chi connectivity index (χ0n) is 13.4. The van der Waals surface area contributed by atoms with Crippen LogP contribution in [0.2, 0.25) is 0 Å². The Labute approximate surface area is 127 Å². The number of methoxy groups -OCH3 is 1. The average molecular weight is 284 g/mol. The van der Waals surface area contributed by atoms with Crippen LogP contribution < -0.4 is 5.32 Å². The van der Waals surface area contributed by atoms with E-state index in [1.807, 2.05) is 6.92 Å². The highest BCUT2D eigenvalue weighted by molar-refractivity contribution is 5.86. The van der Waals surface area contributed by atoms with Gasteiger partial charge >= 0.3 is 0 Å². The van der Waals surface area contributed by atoms with Crippen LogP contribution in [0.3, 0.4) is 0 Å². The fraction of sp³-hybridized carbons (Fsp3) is 0.444. The lowest BCUT2D eigenvalue weighted by Crippen LogP contribution is -2.18. The van der Waals surface area contributed by atoms with Gasteiger partial charge in [0.25, 0.3) is 0 Å². The second-order valence-electron chi connectivity index (χ2n) is 5.24. The topological polar surface area (TPSA) is 26.2 Å². The number of hydrogen-bond donors (Lipinski definition) is 1. The number of nitrogens with one attached hydrogen (secondary N) is 1. The molecule has 3 nitrogen and oxygen atoms in total. The van der Waals surface area contributed by atoms with Crippen molar-refractivity contribution >= 4 is 10.9 Å². The first-order chi connectivity index (χ1) is 10.2. The Bertz CT molecular complexity index is 674. The molecule has 1 heterocycles. The Balaban J connectivity index is 2.26. The number of nitrogens with zero attached hydrogens (tertiary/aromatic N) is 1. The minimum Gasteiger partial charge on any atom is -0.383 e. The quantitative estimate of drug-likeness (QED) is 0.652. The molecule has 0 unspecified atom stereocenters. The van der Waals surface area contributed by atoms with E-state index < -0.39 is 0 Å². The zero-order chi connectivity index (χ0) is 15.2. The first-order valence-electron chi connectivity index (χ1n) is 7.36. The molecule has 0 amide bonds. The molecule has 0 spiro atoms. The molecule has 0 saturated heterocycles. The summed E-state index contributed by atoms with van der Waals surface area (Å²) in [6.07, 6.45) is 0. The SMILES string of the molecule is CC#CCn1c(C)c(C)c2cc(CNCCOC)ccc21. The summed E-state index contributed by atoms with van der Waals surface area (Å²) in [6, 6.07) is 6.68. The average Bonchev–Trinajstić information content (AvgIpc) is 2.73. The van der Waals surface area contributed by atoms with E-state index in [2.05, 4.69) is 53.8 Å². The van der Waals surface area contributed by atoms with E-state index >= 15 is 0 Å². The second-order valence-corrected chi connectivity index (χ2v) is 5.24. The summed E-state index contributed by atoms with van der Waals surface area (Å²) < 4.78 is 7.34. The lowest BCUT2D eigenvalue weighted by atomic mass is 10.1. The van der Waals surface area contributed by atoms with Gasteiger partial charge in [0.15, 0.2) is 0 Å². The van der Waals surface area contributed by atoms with Gasteiger partial charge in [0.1, 0.15) is 0 Å². The normalized spacial score (nSPS) is 10.7. The molecule has 1 aromatic heterocycles. The minimum atomic E-state index is 0.743. The number of aromatic nitrogens is 1. The summed E-state index contributed by atoms with van der Waals surface area (Å²) in [5.74, 6) is 6.14. The van der Waals surface area contributed by atoms with Crippen LogP contribution in [0.5, 0.6) is 0 Å². The van der Waals surface area contributed by atoms with Crippen LogP contribution in [0.25, 0.3) is 10.9 Å². The molecule has 0 radical (unpaired) electrons. The maximum Gasteiger partial charge on any atom is 0.0840 e. The molecule has 0 aliphatic carbocycles. The molecule has 0 aliphatic rings. The van der Waals surface area contributed by atoms with Gasteiger partial charge in [-0.25, -0.2) is 0 Å². The molecule has 0 aliphatic heterocycles. The van der Waals surface area contributed by atoms with Crippen LogP contribution in [-0.2, 0) is 17.8 Å². The van der Waals surface area contributed by atoms with E-state index in [-0.39, 0.29) is 0 Å². The molecular formula is C18H24N2O. The van der Waals surface area contributed by atoms with Gasteiger partial charge in [0.05, 0.1) is 13.2 Å². The van der Waals surface area contributed by atoms with Crippen molar-refractivity contribution in [2.45, 2.75) is 33.9 Å². The molecule has 3 heteroatoms. The molecule has 0 bridgehead atoms. The summed E-state index contributed by atoms with van der Waals surface area (Å²) in [5, 5.41) is 4.72. The fourth-order valence-electron chi connectivity index (χ4n) is 2.58. The van der Waals surface area contributed by atoms with E-state index in [4.69, 9.17) is 4.74 Å². The van der Waals surface area contributed by atoms with E-state index in [1.165, 1.54) is 27.7 Å². The van der Waals surface area contributed by atoms with Crippen molar-refractivity contribution in [2.75, 3.05) is 20.3 Å². The monoisotopic (exact) mass is 284 g/mol. The Kier molecular flexibility index (Phi) is 5.44.